The maximum atomic E-state index is 6.48. The fraction of sp³-hybridized carbons (Fsp3) is 1.00. The molecular formula is C31H56O. The minimum absolute atomic E-state index is 0.00693. The highest BCUT2D eigenvalue weighted by molar-refractivity contribution is 5.09. The Morgan fingerprint density at radius 2 is 1.50 bits per heavy atom. The van der Waals surface area contributed by atoms with Crippen molar-refractivity contribution in [2.24, 2.45) is 52.3 Å². The molecule has 0 radical (unpaired) electrons. The van der Waals surface area contributed by atoms with Crippen molar-refractivity contribution in [1.29, 1.82) is 0 Å². The van der Waals surface area contributed by atoms with Crippen molar-refractivity contribution < 1.29 is 4.74 Å². The first kappa shape index (κ1) is 25.1. The monoisotopic (exact) mass is 444 g/mol. The quantitative estimate of drug-likeness (QED) is 0.396. The Balaban J connectivity index is 1.42. The molecule has 1 nitrogen and oxygen atoms in total. The number of rotatable bonds is 6. The third kappa shape index (κ3) is 4.72. The molecule has 0 aromatic rings. The van der Waals surface area contributed by atoms with E-state index in [-0.39, 0.29) is 5.60 Å². The molecule has 9 atom stereocenters. The Morgan fingerprint density at radius 1 is 0.812 bits per heavy atom. The van der Waals surface area contributed by atoms with Gasteiger partial charge in [0, 0.05) is 0 Å². The molecule has 1 heteroatoms. The van der Waals surface area contributed by atoms with Crippen LogP contribution in [0.25, 0.3) is 0 Å². The van der Waals surface area contributed by atoms with E-state index in [1.165, 1.54) is 77.0 Å². The molecule has 4 fully saturated rings. The van der Waals surface area contributed by atoms with E-state index < -0.39 is 0 Å². The van der Waals surface area contributed by atoms with E-state index in [4.69, 9.17) is 4.74 Å². The fourth-order valence-corrected chi connectivity index (χ4v) is 9.85. The molecule has 0 heterocycles. The van der Waals surface area contributed by atoms with Crippen LogP contribution in [0.1, 0.15) is 132 Å². The van der Waals surface area contributed by atoms with E-state index in [1.807, 2.05) is 0 Å². The fourth-order valence-electron chi connectivity index (χ4n) is 9.85. The number of fused-ring (bicyclic) bond motifs is 5. The van der Waals surface area contributed by atoms with Gasteiger partial charge in [-0.15, -0.1) is 0 Å². The van der Waals surface area contributed by atoms with Crippen LogP contribution in [0.4, 0.5) is 0 Å². The smallest absolute Gasteiger partial charge is 0.0602 e. The molecule has 0 saturated heterocycles. The summed E-state index contributed by atoms with van der Waals surface area (Å²) in [6.07, 6.45) is 18.0. The van der Waals surface area contributed by atoms with E-state index in [9.17, 15) is 0 Å². The van der Waals surface area contributed by atoms with Gasteiger partial charge in [-0.2, -0.15) is 0 Å². The van der Waals surface area contributed by atoms with E-state index in [0.29, 0.717) is 16.9 Å². The van der Waals surface area contributed by atoms with Crippen LogP contribution in [0.3, 0.4) is 0 Å². The zero-order chi connectivity index (χ0) is 23.3. The molecule has 186 valence electrons. The molecule has 4 rings (SSSR count). The van der Waals surface area contributed by atoms with E-state index in [1.54, 1.807) is 0 Å². The SMILES string of the molecule is CC(C)CCC[C@@H](C)[C@H]1CC[C@H]2[C@@H]3CC[C@H]4C[C@@H](OC(C)(C)C)CCC4(C)C3CCC12C. The molecule has 0 bridgehead atoms. The minimum Gasteiger partial charge on any atom is -0.373 e. The maximum Gasteiger partial charge on any atom is 0.0602 e. The highest BCUT2D eigenvalue weighted by atomic mass is 16.5. The normalized spacial score (nSPS) is 45.3. The Kier molecular flexibility index (Phi) is 7.21. The molecule has 4 aliphatic carbocycles. The summed E-state index contributed by atoms with van der Waals surface area (Å²) in [7, 11) is 0. The summed E-state index contributed by atoms with van der Waals surface area (Å²) < 4.78 is 6.48. The molecule has 32 heavy (non-hydrogen) atoms. The predicted octanol–water partition coefficient (Wildman–Crippen LogP) is 9.29. The van der Waals surface area contributed by atoms with E-state index >= 15 is 0 Å². The van der Waals surface area contributed by atoms with Gasteiger partial charge in [0.2, 0.25) is 0 Å². The van der Waals surface area contributed by atoms with Crippen molar-refractivity contribution in [3.05, 3.63) is 0 Å². The molecule has 0 aromatic carbocycles. The van der Waals surface area contributed by atoms with Gasteiger partial charge in [-0.25, -0.2) is 0 Å². The molecule has 0 spiro atoms. The number of hydrogen-bond donors (Lipinski definition) is 0. The van der Waals surface area contributed by atoms with Gasteiger partial charge in [0.05, 0.1) is 11.7 Å². The second-order valence-electron chi connectivity index (χ2n) is 14.8. The van der Waals surface area contributed by atoms with Gasteiger partial charge >= 0.3 is 0 Å². The van der Waals surface area contributed by atoms with Crippen LogP contribution >= 0.6 is 0 Å². The average molecular weight is 445 g/mol. The van der Waals surface area contributed by atoms with Crippen LogP contribution in [0, 0.1) is 52.3 Å². The number of hydrogen-bond acceptors (Lipinski definition) is 1. The molecule has 0 aliphatic heterocycles. The zero-order valence-electron chi connectivity index (χ0n) is 23.0. The van der Waals surface area contributed by atoms with Crippen LogP contribution in [-0.4, -0.2) is 11.7 Å². The van der Waals surface area contributed by atoms with Gasteiger partial charge < -0.3 is 4.74 Å². The third-order valence-electron chi connectivity index (χ3n) is 11.3. The van der Waals surface area contributed by atoms with Crippen molar-refractivity contribution in [3.8, 4) is 0 Å². The van der Waals surface area contributed by atoms with E-state index in [2.05, 4.69) is 55.4 Å². The molecule has 0 amide bonds. The largest absolute Gasteiger partial charge is 0.373 e. The van der Waals surface area contributed by atoms with Gasteiger partial charge in [0.15, 0.2) is 0 Å². The second kappa shape index (κ2) is 9.20. The minimum atomic E-state index is 0.00693. The van der Waals surface area contributed by atoms with Crippen LogP contribution in [0.15, 0.2) is 0 Å². The van der Waals surface area contributed by atoms with Crippen molar-refractivity contribution in [2.45, 2.75) is 144 Å². The van der Waals surface area contributed by atoms with Gasteiger partial charge in [0.1, 0.15) is 0 Å². The maximum absolute atomic E-state index is 6.48. The second-order valence-corrected chi connectivity index (χ2v) is 14.8. The number of ether oxygens (including phenoxy) is 1. The van der Waals surface area contributed by atoms with Crippen molar-refractivity contribution in [3.63, 3.8) is 0 Å². The molecule has 3 unspecified atom stereocenters. The van der Waals surface area contributed by atoms with Crippen LogP contribution in [0.2, 0.25) is 0 Å². The Hall–Kier alpha value is -0.0400. The standard InChI is InChI=1S/C31H56O/c1-21(2)10-9-11-22(3)26-14-15-27-25-13-12-23-20-24(32-29(4,5)6)16-18-30(23,7)28(25)17-19-31(26,27)8/h21-28H,9-20H2,1-8H3/t22-,23+,24+,25+,26-,27+,28?,30?,31?/m1/s1. The van der Waals surface area contributed by atoms with Gasteiger partial charge in [0.25, 0.3) is 0 Å². The summed E-state index contributed by atoms with van der Waals surface area (Å²) in [4.78, 5) is 0. The van der Waals surface area contributed by atoms with Gasteiger partial charge in [-0.05, 0) is 131 Å². The van der Waals surface area contributed by atoms with Crippen LogP contribution < -0.4 is 0 Å². The summed E-state index contributed by atoms with van der Waals surface area (Å²) in [5, 5.41) is 0. The molecule has 0 aromatic heterocycles. The Bertz CT molecular complexity index is 631. The lowest BCUT2D eigenvalue weighted by molar-refractivity contribution is -0.155. The lowest BCUT2D eigenvalue weighted by Gasteiger charge is -2.61. The van der Waals surface area contributed by atoms with Gasteiger partial charge in [-0.1, -0.05) is 53.9 Å². The summed E-state index contributed by atoms with van der Waals surface area (Å²) in [6.45, 7) is 19.6. The first-order chi connectivity index (χ1) is 14.9. The summed E-state index contributed by atoms with van der Waals surface area (Å²) in [5.41, 5.74) is 1.23. The van der Waals surface area contributed by atoms with Crippen LogP contribution in [-0.2, 0) is 4.74 Å². The van der Waals surface area contributed by atoms with Crippen molar-refractivity contribution in [2.75, 3.05) is 0 Å². The summed E-state index contributed by atoms with van der Waals surface area (Å²) in [6, 6.07) is 0. The zero-order valence-corrected chi connectivity index (χ0v) is 23.0. The topological polar surface area (TPSA) is 9.23 Å². The summed E-state index contributed by atoms with van der Waals surface area (Å²) >= 11 is 0. The van der Waals surface area contributed by atoms with Crippen molar-refractivity contribution in [1.82, 2.24) is 0 Å². The van der Waals surface area contributed by atoms with E-state index in [0.717, 1.165) is 41.4 Å². The molecule has 4 saturated carbocycles. The van der Waals surface area contributed by atoms with Crippen LogP contribution in [0.5, 0.6) is 0 Å². The van der Waals surface area contributed by atoms with Gasteiger partial charge in [-0.3, -0.25) is 0 Å². The lowest BCUT2D eigenvalue weighted by Crippen LogP contribution is -2.54. The highest BCUT2D eigenvalue weighted by Gasteiger charge is 2.60. The average Bonchev–Trinajstić information content (AvgIpc) is 3.04. The molecular weight excluding hydrogens is 388 g/mol. The Morgan fingerprint density at radius 3 is 2.19 bits per heavy atom. The molecule has 0 N–H and O–H groups in total. The molecule has 4 aliphatic rings. The Labute approximate surface area is 201 Å². The third-order valence-corrected chi connectivity index (χ3v) is 11.3. The first-order valence-corrected chi connectivity index (χ1v) is 14.6. The highest BCUT2D eigenvalue weighted by Crippen LogP contribution is 2.68. The predicted molar refractivity (Wildman–Crippen MR) is 138 cm³/mol. The lowest BCUT2D eigenvalue weighted by atomic mass is 9.44. The first-order valence-electron chi connectivity index (χ1n) is 14.6. The summed E-state index contributed by atoms with van der Waals surface area (Å²) in [5.74, 6) is 6.71. The van der Waals surface area contributed by atoms with Crippen molar-refractivity contribution >= 4 is 0 Å².